The first kappa shape index (κ1) is 33.9. The number of aryl methyl sites for hydroxylation is 1. The Morgan fingerprint density at radius 2 is 0.852 bits per heavy atom. The molecular weight excluding hydrogens is 651 g/mol. The highest BCUT2D eigenvalue weighted by Gasteiger charge is 2.25. The van der Waals surface area contributed by atoms with Crippen LogP contribution in [-0.2, 0) is 10.8 Å². The average molecular weight is 698 g/mol. The van der Waals surface area contributed by atoms with Gasteiger partial charge >= 0.3 is 0 Å². The summed E-state index contributed by atoms with van der Waals surface area (Å²) in [5, 5.41) is 5.07. The lowest BCUT2D eigenvalue weighted by molar-refractivity contribution is 0.590. The van der Waals surface area contributed by atoms with E-state index < -0.39 is 0 Å². The summed E-state index contributed by atoms with van der Waals surface area (Å²) in [4.78, 5) is 2.45. The van der Waals surface area contributed by atoms with Crippen molar-refractivity contribution < 1.29 is 0 Å². The van der Waals surface area contributed by atoms with E-state index in [2.05, 4.69) is 211 Å². The van der Waals surface area contributed by atoms with Crippen molar-refractivity contribution in [2.75, 3.05) is 4.90 Å². The first-order valence-electron chi connectivity index (χ1n) is 19.2. The van der Waals surface area contributed by atoms with Crippen molar-refractivity contribution in [2.45, 2.75) is 59.3 Å². The largest absolute Gasteiger partial charge is 0.310 e. The van der Waals surface area contributed by atoms with Gasteiger partial charge in [0.15, 0.2) is 0 Å². The molecule has 0 N–H and O–H groups in total. The number of benzene rings is 8. The molecule has 0 atom stereocenters. The van der Waals surface area contributed by atoms with Crippen molar-refractivity contribution >= 4 is 38.6 Å². The second-order valence-corrected chi connectivity index (χ2v) is 17.2. The van der Waals surface area contributed by atoms with Crippen LogP contribution in [0.5, 0.6) is 0 Å². The minimum absolute atomic E-state index is 0.0287. The smallest absolute Gasteiger partial charge is 0.0493 e. The molecule has 54 heavy (non-hydrogen) atoms. The van der Waals surface area contributed by atoms with E-state index in [0.29, 0.717) is 0 Å². The van der Waals surface area contributed by atoms with Crippen molar-refractivity contribution in [1.29, 1.82) is 0 Å². The van der Waals surface area contributed by atoms with Gasteiger partial charge in [-0.15, -0.1) is 0 Å². The first-order valence-corrected chi connectivity index (χ1v) is 19.2. The molecule has 0 amide bonds. The lowest BCUT2D eigenvalue weighted by Crippen LogP contribution is -2.15. The monoisotopic (exact) mass is 697 g/mol. The van der Waals surface area contributed by atoms with Gasteiger partial charge in [-0.05, 0) is 161 Å². The molecule has 0 spiro atoms. The van der Waals surface area contributed by atoms with Gasteiger partial charge in [0, 0.05) is 17.1 Å². The molecule has 0 aliphatic heterocycles. The Morgan fingerprint density at radius 1 is 0.352 bits per heavy atom. The molecule has 0 heterocycles. The molecule has 0 saturated carbocycles. The molecule has 0 aromatic heterocycles. The van der Waals surface area contributed by atoms with Crippen molar-refractivity contribution in [3.63, 3.8) is 0 Å². The summed E-state index contributed by atoms with van der Waals surface area (Å²) in [6, 6.07) is 59.2. The minimum Gasteiger partial charge on any atom is -0.310 e. The number of rotatable bonds is 5. The van der Waals surface area contributed by atoms with Crippen LogP contribution in [0.15, 0.2) is 158 Å². The van der Waals surface area contributed by atoms with Crippen LogP contribution in [0.25, 0.3) is 66.1 Å². The number of hydrogen-bond donors (Lipinski definition) is 0. The number of anilines is 3. The summed E-state index contributed by atoms with van der Waals surface area (Å²) in [6.45, 7) is 15.9. The standard InChI is InChI=1S/C53H47N/c1-34-16-22-44(53(5,6)7)33-51(34)54(45-15-11-14-37(27-45)35-12-9-8-10-13-35)46-25-21-40-30-48-47-29-39-18-17-38(36-19-23-43(24-20-36)52(2,3)4)26-41(39)31-49(47)50(48)32-42(40)28-46/h8-33H,1-7H3. The van der Waals surface area contributed by atoms with Crippen molar-refractivity contribution in [3.05, 3.63) is 174 Å². The van der Waals surface area contributed by atoms with Crippen LogP contribution in [0, 0.1) is 6.92 Å². The second kappa shape index (κ2) is 12.6. The summed E-state index contributed by atoms with van der Waals surface area (Å²) in [5.74, 6) is 0. The van der Waals surface area contributed by atoms with E-state index in [0.717, 1.165) is 11.4 Å². The van der Waals surface area contributed by atoms with Gasteiger partial charge in [0.25, 0.3) is 0 Å². The van der Waals surface area contributed by atoms with Gasteiger partial charge in [-0.1, -0.05) is 139 Å². The molecule has 264 valence electrons. The third-order valence-corrected chi connectivity index (χ3v) is 11.4. The molecule has 1 heteroatoms. The Kier molecular flexibility index (Phi) is 7.91. The molecular formula is C53H47N. The topological polar surface area (TPSA) is 3.24 Å². The molecule has 0 unspecified atom stereocenters. The molecule has 0 fully saturated rings. The molecule has 8 aromatic rings. The van der Waals surface area contributed by atoms with Gasteiger partial charge in [0.1, 0.15) is 0 Å². The van der Waals surface area contributed by atoms with E-state index in [1.165, 1.54) is 88.4 Å². The summed E-state index contributed by atoms with van der Waals surface area (Å²) < 4.78 is 0. The minimum atomic E-state index is 0.0287. The van der Waals surface area contributed by atoms with Crippen LogP contribution in [-0.4, -0.2) is 0 Å². The van der Waals surface area contributed by atoms with Crippen LogP contribution in [0.3, 0.4) is 0 Å². The van der Waals surface area contributed by atoms with E-state index in [9.17, 15) is 0 Å². The first-order chi connectivity index (χ1) is 25.9. The highest BCUT2D eigenvalue weighted by molar-refractivity contribution is 6.12. The van der Waals surface area contributed by atoms with Crippen LogP contribution >= 0.6 is 0 Å². The predicted octanol–water partition coefficient (Wildman–Crippen LogP) is 15.3. The van der Waals surface area contributed by atoms with E-state index in [4.69, 9.17) is 0 Å². The van der Waals surface area contributed by atoms with Gasteiger partial charge in [-0.2, -0.15) is 0 Å². The second-order valence-electron chi connectivity index (χ2n) is 17.2. The van der Waals surface area contributed by atoms with Crippen molar-refractivity contribution in [1.82, 2.24) is 0 Å². The summed E-state index contributed by atoms with van der Waals surface area (Å²) in [5.41, 5.74) is 17.9. The van der Waals surface area contributed by atoms with Crippen molar-refractivity contribution in [3.8, 4) is 44.5 Å². The Hall–Kier alpha value is -5.92. The quantitative estimate of drug-likeness (QED) is 0.173. The van der Waals surface area contributed by atoms with Gasteiger partial charge in [0.2, 0.25) is 0 Å². The normalized spacial score (nSPS) is 12.4. The van der Waals surface area contributed by atoms with Crippen LogP contribution in [0.4, 0.5) is 17.1 Å². The SMILES string of the molecule is Cc1ccc(C(C)(C)C)cc1N(c1cccc(-c2ccccc2)c1)c1ccc2cc3c(cc2c1)-c1cc2cc(-c4ccc(C(C)(C)C)cc4)ccc2cc1-3. The van der Waals surface area contributed by atoms with Gasteiger partial charge in [-0.25, -0.2) is 0 Å². The summed E-state index contributed by atoms with van der Waals surface area (Å²) >= 11 is 0. The highest BCUT2D eigenvalue weighted by atomic mass is 15.1. The lowest BCUT2D eigenvalue weighted by atomic mass is 9.77. The summed E-state index contributed by atoms with van der Waals surface area (Å²) in [6.07, 6.45) is 0. The maximum atomic E-state index is 2.45. The predicted molar refractivity (Wildman–Crippen MR) is 234 cm³/mol. The zero-order valence-corrected chi connectivity index (χ0v) is 32.5. The Bertz CT molecular complexity index is 2720. The molecule has 0 saturated heterocycles. The van der Waals surface area contributed by atoms with Gasteiger partial charge in [-0.3, -0.25) is 0 Å². The molecule has 0 radical (unpaired) electrons. The van der Waals surface area contributed by atoms with Crippen molar-refractivity contribution in [2.24, 2.45) is 0 Å². The van der Waals surface area contributed by atoms with Crippen LogP contribution in [0.2, 0.25) is 0 Å². The van der Waals surface area contributed by atoms with Crippen LogP contribution < -0.4 is 4.90 Å². The van der Waals surface area contributed by atoms with E-state index >= 15 is 0 Å². The fraction of sp³-hybridized carbons (Fsp3) is 0.170. The maximum absolute atomic E-state index is 2.45. The fourth-order valence-electron chi connectivity index (χ4n) is 8.09. The van der Waals surface area contributed by atoms with E-state index in [1.54, 1.807) is 0 Å². The molecule has 0 bridgehead atoms. The highest BCUT2D eigenvalue weighted by Crippen LogP contribution is 2.51. The molecule has 1 nitrogen and oxygen atoms in total. The maximum Gasteiger partial charge on any atom is 0.0493 e. The molecule has 8 aromatic carbocycles. The van der Waals surface area contributed by atoms with Gasteiger partial charge in [0.05, 0.1) is 0 Å². The number of fused-ring (bicyclic) bond motifs is 6. The number of nitrogens with zero attached hydrogens (tertiary/aromatic N) is 1. The van der Waals surface area contributed by atoms with E-state index in [-0.39, 0.29) is 10.8 Å². The fourth-order valence-corrected chi connectivity index (χ4v) is 8.09. The van der Waals surface area contributed by atoms with E-state index in [1.807, 2.05) is 0 Å². The molecule has 1 aliphatic carbocycles. The zero-order valence-electron chi connectivity index (χ0n) is 32.5. The molecule has 9 rings (SSSR count). The van der Waals surface area contributed by atoms with Crippen LogP contribution in [0.1, 0.15) is 58.2 Å². The Morgan fingerprint density at radius 3 is 1.50 bits per heavy atom. The molecule has 1 aliphatic rings. The lowest BCUT2D eigenvalue weighted by Gasteiger charge is -2.30. The van der Waals surface area contributed by atoms with Gasteiger partial charge < -0.3 is 4.90 Å². The Balaban J connectivity index is 1.13. The zero-order chi connectivity index (χ0) is 37.4. The average Bonchev–Trinajstić information content (AvgIpc) is 3.17. The third kappa shape index (κ3) is 5.99. The number of hydrogen-bond acceptors (Lipinski definition) is 1. The summed E-state index contributed by atoms with van der Waals surface area (Å²) in [7, 11) is 0. The Labute approximate surface area is 320 Å². The third-order valence-electron chi connectivity index (χ3n) is 11.4.